The third-order valence-electron chi connectivity index (χ3n) is 5.74. The minimum atomic E-state index is -0.694. The molecule has 1 amide bonds. The van der Waals surface area contributed by atoms with Crippen LogP contribution in [-0.2, 0) is 20.9 Å². The maximum Gasteiger partial charge on any atom is 0.337 e. The Balaban J connectivity index is 1.59. The number of carbonyl (C=O) groups is 2. The Labute approximate surface area is 235 Å². The number of anilines is 1. The molecule has 0 saturated carbocycles. The van der Waals surface area contributed by atoms with E-state index in [9.17, 15) is 14.9 Å². The number of hydrogen-bond donors (Lipinski definition) is 2. The number of amides is 1. The lowest BCUT2D eigenvalue weighted by molar-refractivity contribution is -0.140. The first-order valence-electron chi connectivity index (χ1n) is 11.6. The molecule has 0 aliphatic carbocycles. The van der Waals surface area contributed by atoms with Crippen LogP contribution in [0.4, 0.5) is 5.69 Å². The van der Waals surface area contributed by atoms with Gasteiger partial charge in [0.2, 0.25) is 5.91 Å². The number of benzene rings is 3. The molecule has 3 aromatic rings. The Morgan fingerprint density at radius 2 is 1.76 bits per heavy atom. The fourth-order valence-corrected chi connectivity index (χ4v) is 5.20. The van der Waals surface area contributed by atoms with Crippen molar-refractivity contribution in [1.29, 1.82) is 5.26 Å². The quantitative estimate of drug-likeness (QED) is 0.293. The number of carbonyl (C=O) groups excluding carboxylic acids is 2. The first kappa shape index (κ1) is 27.3. The Hall–Kier alpha value is -3.70. The number of nitrogens with one attached hydrogen (secondary N) is 2. The van der Waals surface area contributed by atoms with Crippen LogP contribution in [-0.4, -0.2) is 17.6 Å². The summed E-state index contributed by atoms with van der Waals surface area (Å²) in [4.78, 5) is 26.0. The van der Waals surface area contributed by atoms with Crippen molar-refractivity contribution in [1.82, 2.24) is 5.32 Å². The first-order valence-corrected chi connectivity index (χ1v) is 13.4. The summed E-state index contributed by atoms with van der Waals surface area (Å²) in [6, 6.07) is 25.4. The van der Waals surface area contributed by atoms with Crippen LogP contribution in [0.5, 0.6) is 0 Å². The number of dihydropyridines is 1. The SMILES string of the molecule is CC1=C(C(=O)OCc2ccccc2)C(c2ccc(Cl)cc2)C(C#N)=C(SCC(=O)Nc2cccc(Cl)c2)N1. The van der Waals surface area contributed by atoms with E-state index in [1.54, 1.807) is 55.5 Å². The van der Waals surface area contributed by atoms with Crippen LogP contribution in [0, 0.1) is 11.3 Å². The van der Waals surface area contributed by atoms with Crippen molar-refractivity contribution in [2.45, 2.75) is 19.4 Å². The fourth-order valence-electron chi connectivity index (χ4n) is 3.99. The van der Waals surface area contributed by atoms with Gasteiger partial charge in [-0.15, -0.1) is 0 Å². The molecule has 0 fully saturated rings. The van der Waals surface area contributed by atoms with Crippen molar-refractivity contribution in [3.05, 3.63) is 122 Å². The van der Waals surface area contributed by atoms with Gasteiger partial charge >= 0.3 is 5.97 Å². The van der Waals surface area contributed by atoms with E-state index in [2.05, 4.69) is 16.7 Å². The summed E-state index contributed by atoms with van der Waals surface area (Å²) in [5, 5.41) is 17.7. The van der Waals surface area contributed by atoms with Crippen molar-refractivity contribution in [3.63, 3.8) is 0 Å². The monoisotopic (exact) mass is 563 g/mol. The highest BCUT2D eigenvalue weighted by Gasteiger charge is 2.35. The lowest BCUT2D eigenvalue weighted by Gasteiger charge is -2.29. The van der Waals surface area contributed by atoms with Crippen LogP contribution < -0.4 is 10.6 Å². The van der Waals surface area contributed by atoms with Crippen molar-refractivity contribution < 1.29 is 14.3 Å². The molecule has 1 aliphatic rings. The van der Waals surface area contributed by atoms with Crippen LogP contribution in [0.2, 0.25) is 10.0 Å². The maximum absolute atomic E-state index is 13.3. The van der Waals surface area contributed by atoms with Crippen LogP contribution in [0.3, 0.4) is 0 Å². The predicted molar refractivity (Wildman–Crippen MR) is 151 cm³/mol. The summed E-state index contributed by atoms with van der Waals surface area (Å²) in [6.45, 7) is 1.85. The molecule has 6 nitrogen and oxygen atoms in total. The van der Waals surface area contributed by atoms with Gasteiger partial charge < -0.3 is 15.4 Å². The zero-order chi connectivity index (χ0) is 27.1. The number of allylic oxidation sites excluding steroid dienone is 2. The van der Waals surface area contributed by atoms with E-state index in [-0.39, 0.29) is 18.3 Å². The zero-order valence-electron chi connectivity index (χ0n) is 20.3. The molecule has 0 spiro atoms. The standard InChI is InChI=1S/C29H23Cl2N3O3S/c1-18-26(29(36)37-16-19-6-3-2-4-7-19)27(20-10-12-21(30)13-11-20)24(15-32)28(33-18)38-17-25(35)34-23-9-5-8-22(31)14-23/h2-14,27,33H,16-17H2,1H3,(H,34,35). The van der Waals surface area contributed by atoms with Gasteiger partial charge in [0.15, 0.2) is 0 Å². The second-order valence-electron chi connectivity index (χ2n) is 8.41. The highest BCUT2D eigenvalue weighted by atomic mass is 35.5. The van der Waals surface area contributed by atoms with E-state index in [4.69, 9.17) is 27.9 Å². The minimum Gasteiger partial charge on any atom is -0.457 e. The van der Waals surface area contributed by atoms with Crippen molar-refractivity contribution >= 4 is 52.5 Å². The van der Waals surface area contributed by atoms with Gasteiger partial charge in [0, 0.05) is 21.4 Å². The summed E-state index contributed by atoms with van der Waals surface area (Å²) in [6.07, 6.45) is 0. The number of esters is 1. The third kappa shape index (κ3) is 6.78. The average Bonchev–Trinajstić information content (AvgIpc) is 2.91. The number of thioether (sulfide) groups is 1. The molecule has 1 aliphatic heterocycles. The normalized spacial score (nSPS) is 14.9. The minimum absolute atomic E-state index is 0.0361. The molecule has 0 aromatic heterocycles. The number of halogens is 2. The molecule has 0 saturated heterocycles. The summed E-state index contributed by atoms with van der Waals surface area (Å²) >= 11 is 13.3. The average molecular weight is 564 g/mol. The Morgan fingerprint density at radius 3 is 2.45 bits per heavy atom. The van der Waals surface area contributed by atoms with Gasteiger partial charge in [0.05, 0.1) is 33.9 Å². The molecule has 3 aromatic carbocycles. The topological polar surface area (TPSA) is 91.2 Å². The van der Waals surface area contributed by atoms with Gasteiger partial charge in [-0.3, -0.25) is 4.79 Å². The molecule has 192 valence electrons. The van der Waals surface area contributed by atoms with Gasteiger partial charge in [-0.1, -0.05) is 83.5 Å². The van der Waals surface area contributed by atoms with E-state index in [0.717, 1.165) is 5.56 Å². The maximum atomic E-state index is 13.3. The Morgan fingerprint density at radius 1 is 1.03 bits per heavy atom. The van der Waals surface area contributed by atoms with Crippen molar-refractivity contribution in [2.24, 2.45) is 0 Å². The van der Waals surface area contributed by atoms with Gasteiger partial charge in [-0.25, -0.2) is 4.79 Å². The van der Waals surface area contributed by atoms with Gasteiger partial charge in [0.1, 0.15) is 6.61 Å². The molecule has 2 N–H and O–H groups in total. The lowest BCUT2D eigenvalue weighted by atomic mass is 9.82. The molecule has 1 unspecified atom stereocenters. The highest BCUT2D eigenvalue weighted by Crippen LogP contribution is 2.41. The lowest BCUT2D eigenvalue weighted by Crippen LogP contribution is -2.29. The summed E-state index contributed by atoms with van der Waals surface area (Å²) in [5.41, 5.74) is 3.31. The van der Waals surface area contributed by atoms with E-state index in [1.807, 2.05) is 30.3 Å². The molecular formula is C29H23Cl2N3O3S. The molecule has 0 bridgehead atoms. The van der Waals surface area contributed by atoms with Crippen LogP contribution in [0.15, 0.2) is 101 Å². The number of hydrogen-bond acceptors (Lipinski definition) is 6. The Kier molecular flexibility index (Phi) is 9.14. The van der Waals surface area contributed by atoms with E-state index in [1.165, 1.54) is 11.8 Å². The number of nitrogens with zero attached hydrogens (tertiary/aromatic N) is 1. The second-order valence-corrected chi connectivity index (χ2v) is 10.3. The van der Waals surface area contributed by atoms with Crippen LogP contribution in [0.25, 0.3) is 0 Å². The molecule has 0 radical (unpaired) electrons. The second kappa shape index (κ2) is 12.7. The number of rotatable bonds is 8. The van der Waals surface area contributed by atoms with E-state index in [0.29, 0.717) is 43.2 Å². The molecule has 1 heterocycles. The summed E-state index contributed by atoms with van der Waals surface area (Å²) < 4.78 is 5.64. The predicted octanol–water partition coefficient (Wildman–Crippen LogP) is 6.80. The van der Waals surface area contributed by atoms with Crippen molar-refractivity contribution in [2.75, 3.05) is 11.1 Å². The molecule has 9 heteroatoms. The fraction of sp³-hybridized carbons (Fsp3) is 0.138. The number of ether oxygens (including phenoxy) is 1. The highest BCUT2D eigenvalue weighted by molar-refractivity contribution is 8.03. The van der Waals surface area contributed by atoms with E-state index < -0.39 is 11.9 Å². The first-order chi connectivity index (χ1) is 18.4. The van der Waals surface area contributed by atoms with Gasteiger partial charge in [0.25, 0.3) is 0 Å². The smallest absolute Gasteiger partial charge is 0.337 e. The van der Waals surface area contributed by atoms with Crippen LogP contribution in [0.1, 0.15) is 24.0 Å². The summed E-state index contributed by atoms with van der Waals surface area (Å²) in [5.74, 6) is -1.45. The van der Waals surface area contributed by atoms with E-state index >= 15 is 0 Å². The zero-order valence-corrected chi connectivity index (χ0v) is 22.7. The summed E-state index contributed by atoms with van der Waals surface area (Å²) in [7, 11) is 0. The van der Waals surface area contributed by atoms with Crippen LogP contribution >= 0.6 is 35.0 Å². The molecule has 1 atom stereocenters. The number of nitriles is 1. The van der Waals surface area contributed by atoms with Crippen molar-refractivity contribution in [3.8, 4) is 6.07 Å². The molecule has 4 rings (SSSR count). The van der Waals surface area contributed by atoms with Gasteiger partial charge in [-0.05, 0) is 48.4 Å². The molecule has 38 heavy (non-hydrogen) atoms. The molecular weight excluding hydrogens is 541 g/mol. The van der Waals surface area contributed by atoms with Gasteiger partial charge in [-0.2, -0.15) is 5.26 Å². The largest absolute Gasteiger partial charge is 0.457 e. The third-order valence-corrected chi connectivity index (χ3v) is 7.24. The Bertz CT molecular complexity index is 1450.